The van der Waals surface area contributed by atoms with Crippen LogP contribution in [0.25, 0.3) is 0 Å². The van der Waals surface area contributed by atoms with Crippen molar-refractivity contribution in [2.24, 2.45) is 0 Å². The average molecular weight is 230 g/mol. The number of rotatable bonds is 3. The topological polar surface area (TPSA) is 72.1 Å². The Morgan fingerprint density at radius 1 is 1.57 bits per heavy atom. The van der Waals surface area contributed by atoms with Crippen LogP contribution in [-0.2, 0) is 4.79 Å². The number of nitrogens with two attached hydrogens (primary N) is 1. The van der Waals surface area contributed by atoms with Gasteiger partial charge in [0.1, 0.15) is 0 Å². The Bertz CT molecular complexity index is 336. The first-order valence-corrected chi connectivity index (χ1v) is 6.05. The van der Waals surface area contributed by atoms with E-state index in [0.29, 0.717) is 10.9 Å². The largest absolute Gasteiger partial charge is 0.374 e. The Labute approximate surface area is 89.7 Å². The van der Waals surface area contributed by atoms with Crippen LogP contribution in [0.3, 0.4) is 0 Å². The molecular weight excluding hydrogens is 220 g/mol. The van der Waals surface area contributed by atoms with Crippen LogP contribution in [0.15, 0.2) is 4.34 Å². The van der Waals surface area contributed by atoms with E-state index in [1.165, 1.54) is 23.1 Å². The third-order valence-corrected chi connectivity index (χ3v) is 3.82. The Morgan fingerprint density at radius 3 is 2.86 bits per heavy atom. The van der Waals surface area contributed by atoms with Gasteiger partial charge in [-0.2, -0.15) is 0 Å². The predicted molar refractivity (Wildman–Crippen MR) is 56.2 cm³/mol. The van der Waals surface area contributed by atoms with Gasteiger partial charge in [-0.1, -0.05) is 23.1 Å². The van der Waals surface area contributed by atoms with Gasteiger partial charge in [-0.05, 0) is 6.42 Å². The van der Waals surface area contributed by atoms with E-state index >= 15 is 0 Å². The lowest BCUT2D eigenvalue weighted by Crippen LogP contribution is -2.42. The third-order valence-electron chi connectivity index (χ3n) is 1.95. The normalized spacial score (nSPS) is 15.3. The van der Waals surface area contributed by atoms with E-state index in [4.69, 9.17) is 5.73 Å². The number of nitrogen functional groups attached to an aromatic ring is 1. The van der Waals surface area contributed by atoms with Gasteiger partial charge in [0.15, 0.2) is 4.34 Å². The number of anilines is 1. The summed E-state index contributed by atoms with van der Waals surface area (Å²) in [5.41, 5.74) is 5.42. The van der Waals surface area contributed by atoms with Gasteiger partial charge in [-0.3, -0.25) is 4.79 Å². The van der Waals surface area contributed by atoms with Gasteiger partial charge >= 0.3 is 0 Å². The number of aromatic nitrogens is 2. The minimum Gasteiger partial charge on any atom is -0.374 e. The summed E-state index contributed by atoms with van der Waals surface area (Å²) in [6.45, 7) is 1.80. The van der Waals surface area contributed by atoms with E-state index in [9.17, 15) is 4.79 Å². The maximum absolute atomic E-state index is 11.4. The summed E-state index contributed by atoms with van der Waals surface area (Å²) >= 11 is 2.72. The molecule has 1 amide bonds. The molecule has 0 atom stereocenters. The Hall–Kier alpha value is -0.820. The molecular formula is C7H10N4OS2. The zero-order chi connectivity index (χ0) is 9.97. The number of hydrogen-bond donors (Lipinski definition) is 1. The highest BCUT2D eigenvalue weighted by atomic mass is 32.2. The molecule has 2 N–H and O–H groups in total. The molecule has 2 heterocycles. The van der Waals surface area contributed by atoms with Crippen LogP contribution in [0.4, 0.5) is 5.13 Å². The second-order valence-corrected chi connectivity index (χ2v) is 5.16. The first kappa shape index (κ1) is 9.72. The van der Waals surface area contributed by atoms with Crippen molar-refractivity contribution in [3.8, 4) is 0 Å². The highest BCUT2D eigenvalue weighted by Crippen LogP contribution is 2.24. The maximum Gasteiger partial charge on any atom is 0.233 e. The van der Waals surface area contributed by atoms with Crippen molar-refractivity contribution < 1.29 is 4.79 Å². The second kappa shape index (κ2) is 4.14. The van der Waals surface area contributed by atoms with Crippen LogP contribution in [0.2, 0.25) is 0 Å². The van der Waals surface area contributed by atoms with Gasteiger partial charge in [-0.25, -0.2) is 0 Å². The molecule has 0 aliphatic carbocycles. The van der Waals surface area contributed by atoms with E-state index in [1.54, 1.807) is 0 Å². The van der Waals surface area contributed by atoms with E-state index in [0.717, 1.165) is 23.8 Å². The fourth-order valence-corrected chi connectivity index (χ4v) is 2.60. The summed E-state index contributed by atoms with van der Waals surface area (Å²) in [5, 5.41) is 7.95. The summed E-state index contributed by atoms with van der Waals surface area (Å²) in [4.78, 5) is 13.3. The molecule has 0 spiro atoms. The minimum atomic E-state index is 0.176. The number of carbonyl (C=O) groups is 1. The molecule has 1 aliphatic heterocycles. The third kappa shape index (κ3) is 2.16. The Balaban J connectivity index is 1.79. The molecule has 0 radical (unpaired) electrons. The maximum atomic E-state index is 11.4. The molecule has 0 aromatic carbocycles. The minimum absolute atomic E-state index is 0.176. The molecule has 1 fully saturated rings. The number of hydrogen-bond acceptors (Lipinski definition) is 6. The van der Waals surface area contributed by atoms with Gasteiger partial charge in [-0.15, -0.1) is 10.2 Å². The van der Waals surface area contributed by atoms with Crippen molar-refractivity contribution in [1.82, 2.24) is 15.1 Å². The smallest absolute Gasteiger partial charge is 0.233 e. The monoisotopic (exact) mass is 230 g/mol. The lowest BCUT2D eigenvalue weighted by atomic mass is 10.2. The first-order valence-electron chi connectivity index (χ1n) is 4.25. The van der Waals surface area contributed by atoms with Crippen LogP contribution >= 0.6 is 23.1 Å². The van der Waals surface area contributed by atoms with Crippen LogP contribution in [0.1, 0.15) is 6.42 Å². The van der Waals surface area contributed by atoms with Crippen molar-refractivity contribution in [2.75, 3.05) is 24.6 Å². The van der Waals surface area contributed by atoms with E-state index in [2.05, 4.69) is 10.2 Å². The van der Waals surface area contributed by atoms with Crippen molar-refractivity contribution in [2.45, 2.75) is 10.8 Å². The SMILES string of the molecule is Nc1nnc(SCC(=O)N2CCC2)s1. The van der Waals surface area contributed by atoms with Crippen molar-refractivity contribution in [3.05, 3.63) is 0 Å². The molecule has 14 heavy (non-hydrogen) atoms. The highest BCUT2D eigenvalue weighted by Gasteiger charge is 2.20. The van der Waals surface area contributed by atoms with E-state index < -0.39 is 0 Å². The molecule has 2 rings (SSSR count). The van der Waals surface area contributed by atoms with Gasteiger partial charge in [0.05, 0.1) is 5.75 Å². The molecule has 7 heteroatoms. The fourth-order valence-electron chi connectivity index (χ4n) is 1.06. The second-order valence-electron chi connectivity index (χ2n) is 2.93. The number of likely N-dealkylation sites (tertiary alicyclic amines) is 1. The summed E-state index contributed by atoms with van der Waals surface area (Å²) < 4.78 is 0.761. The molecule has 0 unspecified atom stereocenters. The fraction of sp³-hybridized carbons (Fsp3) is 0.571. The molecule has 0 bridgehead atoms. The lowest BCUT2D eigenvalue weighted by molar-refractivity contribution is -0.131. The van der Waals surface area contributed by atoms with Crippen LogP contribution in [-0.4, -0.2) is 39.8 Å². The lowest BCUT2D eigenvalue weighted by Gasteiger charge is -2.30. The predicted octanol–water partition coefficient (Wildman–Crippen LogP) is 0.445. The molecule has 5 nitrogen and oxygen atoms in total. The molecule has 1 aromatic heterocycles. The molecule has 1 aliphatic rings. The zero-order valence-electron chi connectivity index (χ0n) is 7.47. The zero-order valence-corrected chi connectivity index (χ0v) is 9.11. The number of nitrogens with zero attached hydrogens (tertiary/aromatic N) is 3. The molecule has 0 saturated carbocycles. The highest BCUT2D eigenvalue weighted by molar-refractivity contribution is 8.01. The van der Waals surface area contributed by atoms with Crippen LogP contribution in [0, 0.1) is 0 Å². The summed E-state index contributed by atoms with van der Waals surface area (Å²) in [6, 6.07) is 0. The number of thioether (sulfide) groups is 1. The standard InChI is InChI=1S/C7H10N4OS2/c8-6-9-10-7(14-6)13-4-5(12)11-2-1-3-11/h1-4H2,(H2,8,9). The summed E-state index contributed by atoms with van der Waals surface area (Å²) in [5.74, 6) is 0.615. The average Bonchev–Trinajstić information content (AvgIpc) is 2.45. The van der Waals surface area contributed by atoms with Crippen molar-refractivity contribution in [3.63, 3.8) is 0 Å². The van der Waals surface area contributed by atoms with Crippen LogP contribution in [0.5, 0.6) is 0 Å². The van der Waals surface area contributed by atoms with Crippen molar-refractivity contribution in [1.29, 1.82) is 0 Å². The van der Waals surface area contributed by atoms with Gasteiger partial charge < -0.3 is 10.6 Å². The van der Waals surface area contributed by atoms with Crippen molar-refractivity contribution >= 4 is 34.1 Å². The van der Waals surface area contributed by atoms with Gasteiger partial charge in [0.2, 0.25) is 11.0 Å². The quantitative estimate of drug-likeness (QED) is 0.763. The molecule has 76 valence electrons. The van der Waals surface area contributed by atoms with Gasteiger partial charge in [0.25, 0.3) is 0 Å². The van der Waals surface area contributed by atoms with Crippen LogP contribution < -0.4 is 5.73 Å². The number of amides is 1. The summed E-state index contributed by atoms with van der Waals surface area (Å²) in [7, 11) is 0. The number of carbonyl (C=O) groups excluding carboxylic acids is 1. The summed E-state index contributed by atoms with van der Waals surface area (Å²) in [6.07, 6.45) is 1.13. The first-order chi connectivity index (χ1) is 6.75. The Morgan fingerprint density at radius 2 is 2.36 bits per heavy atom. The molecule has 1 saturated heterocycles. The Kier molecular flexibility index (Phi) is 2.87. The van der Waals surface area contributed by atoms with Gasteiger partial charge in [0, 0.05) is 13.1 Å². The molecule has 1 aromatic rings. The van der Waals surface area contributed by atoms with E-state index in [-0.39, 0.29) is 5.91 Å². The van der Waals surface area contributed by atoms with E-state index in [1.807, 2.05) is 4.90 Å².